The van der Waals surface area contributed by atoms with E-state index < -0.39 is 17.7 Å². The van der Waals surface area contributed by atoms with Gasteiger partial charge in [0.25, 0.3) is 11.7 Å². The second-order valence-corrected chi connectivity index (χ2v) is 8.91. The van der Waals surface area contributed by atoms with Crippen LogP contribution in [-0.2, 0) is 9.59 Å². The van der Waals surface area contributed by atoms with Gasteiger partial charge in [-0.05, 0) is 79.9 Å². The van der Waals surface area contributed by atoms with Gasteiger partial charge in [0, 0.05) is 11.3 Å². The number of carbonyl (C=O) groups is 2. The van der Waals surface area contributed by atoms with E-state index in [0.29, 0.717) is 34.2 Å². The molecule has 3 aromatic carbocycles. The molecule has 0 bridgehead atoms. The summed E-state index contributed by atoms with van der Waals surface area (Å²) in [5, 5.41) is 11.9. The maximum Gasteiger partial charge on any atom is 0.300 e. The van der Waals surface area contributed by atoms with Gasteiger partial charge in [-0.25, -0.2) is 0 Å². The highest BCUT2D eigenvalue weighted by molar-refractivity contribution is 6.51. The molecule has 0 spiro atoms. The van der Waals surface area contributed by atoms with Crippen molar-refractivity contribution in [3.63, 3.8) is 0 Å². The minimum atomic E-state index is -0.886. The second kappa shape index (κ2) is 9.53. The molecule has 7 heteroatoms. The Hall–Kier alpha value is -3.28. The van der Waals surface area contributed by atoms with E-state index in [1.165, 1.54) is 4.90 Å². The number of ketones is 1. The third-order valence-corrected chi connectivity index (χ3v) is 6.47. The molecule has 1 atom stereocenters. The fourth-order valence-electron chi connectivity index (χ4n) is 4.14. The van der Waals surface area contributed by atoms with Crippen LogP contribution in [0.25, 0.3) is 5.76 Å². The molecular formula is C27H23Cl2NO4. The van der Waals surface area contributed by atoms with Crippen LogP contribution >= 0.6 is 23.2 Å². The van der Waals surface area contributed by atoms with Gasteiger partial charge in [-0.2, -0.15) is 0 Å². The highest BCUT2D eigenvalue weighted by Crippen LogP contribution is 2.43. The van der Waals surface area contributed by atoms with Gasteiger partial charge in [-0.15, -0.1) is 0 Å². The van der Waals surface area contributed by atoms with Crippen LogP contribution in [0.2, 0.25) is 10.0 Å². The maximum absolute atomic E-state index is 13.3. The van der Waals surface area contributed by atoms with Crippen molar-refractivity contribution >= 4 is 46.3 Å². The highest BCUT2D eigenvalue weighted by Gasteiger charge is 2.47. The van der Waals surface area contributed by atoms with E-state index in [0.717, 1.165) is 11.1 Å². The number of hydrogen-bond acceptors (Lipinski definition) is 4. The number of benzene rings is 3. The molecule has 1 fully saturated rings. The Morgan fingerprint density at radius 1 is 1.00 bits per heavy atom. The van der Waals surface area contributed by atoms with Gasteiger partial charge in [-0.3, -0.25) is 14.5 Å². The zero-order chi connectivity index (χ0) is 24.6. The van der Waals surface area contributed by atoms with Crippen LogP contribution in [0.4, 0.5) is 5.69 Å². The predicted molar refractivity (Wildman–Crippen MR) is 135 cm³/mol. The molecule has 3 aromatic rings. The number of aliphatic hydroxyl groups excluding tert-OH is 1. The van der Waals surface area contributed by atoms with Crippen molar-refractivity contribution in [2.75, 3.05) is 11.5 Å². The molecule has 4 rings (SSSR count). The van der Waals surface area contributed by atoms with E-state index in [9.17, 15) is 14.7 Å². The van der Waals surface area contributed by atoms with Crippen molar-refractivity contribution < 1.29 is 19.4 Å². The molecule has 174 valence electrons. The minimum Gasteiger partial charge on any atom is -0.507 e. The normalized spacial score (nSPS) is 17.3. The fraction of sp³-hybridized carbons (Fsp3) is 0.185. The van der Waals surface area contributed by atoms with E-state index in [2.05, 4.69) is 0 Å². The lowest BCUT2D eigenvalue weighted by Crippen LogP contribution is -2.29. The number of Topliss-reactive ketones (excluding diaryl/α,β-unsaturated/α-hetero) is 1. The average molecular weight is 496 g/mol. The Labute approximate surface area is 208 Å². The van der Waals surface area contributed by atoms with E-state index in [1.54, 1.807) is 42.5 Å². The Kier molecular flexibility index (Phi) is 6.69. The Morgan fingerprint density at radius 3 is 2.41 bits per heavy atom. The molecular weight excluding hydrogens is 473 g/mol. The van der Waals surface area contributed by atoms with Crippen molar-refractivity contribution in [2.45, 2.75) is 26.8 Å². The number of carbonyl (C=O) groups excluding carboxylic acids is 2. The molecule has 0 radical (unpaired) electrons. The Bertz CT molecular complexity index is 1330. The van der Waals surface area contributed by atoms with Gasteiger partial charge in [0.2, 0.25) is 0 Å². The van der Waals surface area contributed by atoms with Crippen molar-refractivity contribution in [3.05, 3.63) is 98.5 Å². The molecule has 1 saturated heterocycles. The summed E-state index contributed by atoms with van der Waals surface area (Å²) < 4.78 is 5.58. The number of aryl methyl sites for hydroxylation is 2. The highest BCUT2D eigenvalue weighted by atomic mass is 35.5. The summed E-state index contributed by atoms with van der Waals surface area (Å²) in [6.07, 6.45) is 0. The van der Waals surface area contributed by atoms with Crippen LogP contribution in [-0.4, -0.2) is 23.4 Å². The summed E-state index contributed by atoms with van der Waals surface area (Å²) in [6.45, 7) is 6.14. The van der Waals surface area contributed by atoms with Crippen LogP contribution in [0.15, 0.2) is 66.2 Å². The topological polar surface area (TPSA) is 66.8 Å². The van der Waals surface area contributed by atoms with Crippen LogP contribution in [0, 0.1) is 13.8 Å². The summed E-state index contributed by atoms with van der Waals surface area (Å²) in [7, 11) is 0. The second-order valence-electron chi connectivity index (χ2n) is 8.09. The zero-order valence-corrected chi connectivity index (χ0v) is 20.4. The molecule has 1 unspecified atom stereocenters. The molecule has 1 aliphatic heterocycles. The van der Waals surface area contributed by atoms with Gasteiger partial charge in [0.05, 0.1) is 28.3 Å². The third kappa shape index (κ3) is 4.29. The lowest BCUT2D eigenvalue weighted by molar-refractivity contribution is -0.132. The minimum absolute atomic E-state index is 0.0199. The first-order valence-electron chi connectivity index (χ1n) is 10.8. The lowest BCUT2D eigenvalue weighted by atomic mass is 9.94. The average Bonchev–Trinajstić information content (AvgIpc) is 3.07. The van der Waals surface area contributed by atoms with E-state index in [-0.39, 0.29) is 16.4 Å². The van der Waals surface area contributed by atoms with Crippen molar-refractivity contribution in [2.24, 2.45) is 0 Å². The van der Waals surface area contributed by atoms with Gasteiger partial charge >= 0.3 is 0 Å². The first kappa shape index (κ1) is 23.9. The van der Waals surface area contributed by atoms with Crippen LogP contribution in [0.5, 0.6) is 5.75 Å². The van der Waals surface area contributed by atoms with E-state index in [1.807, 2.05) is 39.0 Å². The summed E-state index contributed by atoms with van der Waals surface area (Å²) in [6, 6.07) is 16.4. The quantitative estimate of drug-likeness (QED) is 0.245. The van der Waals surface area contributed by atoms with Crippen molar-refractivity contribution in [1.82, 2.24) is 0 Å². The van der Waals surface area contributed by atoms with Crippen molar-refractivity contribution in [1.29, 1.82) is 0 Å². The molecule has 1 amide bonds. The number of halogens is 2. The number of hydrogen-bond donors (Lipinski definition) is 1. The van der Waals surface area contributed by atoms with Gasteiger partial charge in [0.1, 0.15) is 11.5 Å². The van der Waals surface area contributed by atoms with E-state index >= 15 is 0 Å². The Balaban J connectivity index is 1.94. The number of rotatable bonds is 5. The SMILES string of the molecule is CCOc1ccc(/C(O)=C2/C(=O)C(=O)N(c3cccc(C)c3)C2c2ccc(Cl)c(Cl)c2)cc1C. The number of nitrogens with zero attached hydrogens (tertiary/aromatic N) is 1. The van der Waals surface area contributed by atoms with E-state index in [4.69, 9.17) is 27.9 Å². The molecule has 0 aromatic heterocycles. The smallest absolute Gasteiger partial charge is 0.300 e. The fourth-order valence-corrected chi connectivity index (χ4v) is 4.45. The van der Waals surface area contributed by atoms with Crippen LogP contribution in [0.3, 0.4) is 0 Å². The van der Waals surface area contributed by atoms with Gasteiger partial charge in [-0.1, -0.05) is 41.4 Å². The number of anilines is 1. The number of amides is 1. The maximum atomic E-state index is 13.3. The molecule has 0 saturated carbocycles. The lowest BCUT2D eigenvalue weighted by Gasteiger charge is -2.26. The third-order valence-electron chi connectivity index (χ3n) is 5.73. The molecule has 0 aliphatic carbocycles. The van der Waals surface area contributed by atoms with Crippen molar-refractivity contribution in [3.8, 4) is 5.75 Å². The summed E-state index contributed by atoms with van der Waals surface area (Å²) in [4.78, 5) is 27.9. The zero-order valence-electron chi connectivity index (χ0n) is 18.9. The standard InChI is InChI=1S/C27H23Cl2NO4/c1-4-34-22-11-9-18(13-16(22)3)25(31)23-24(17-8-10-20(28)21(29)14-17)30(27(33)26(23)32)19-7-5-6-15(2)12-19/h5-14,24,31H,4H2,1-3H3/b25-23-. The molecule has 1 aliphatic rings. The Morgan fingerprint density at radius 2 is 1.76 bits per heavy atom. The van der Waals surface area contributed by atoms with Gasteiger partial charge in [0.15, 0.2) is 0 Å². The van der Waals surface area contributed by atoms with Gasteiger partial charge < -0.3 is 9.84 Å². The molecule has 1 heterocycles. The monoisotopic (exact) mass is 495 g/mol. The van der Waals surface area contributed by atoms with Crippen LogP contribution in [0.1, 0.15) is 35.2 Å². The molecule has 1 N–H and O–H groups in total. The summed E-state index contributed by atoms with van der Waals surface area (Å²) in [5.74, 6) is -1.09. The first-order valence-corrected chi connectivity index (χ1v) is 11.5. The molecule has 34 heavy (non-hydrogen) atoms. The number of aliphatic hydroxyl groups is 1. The summed E-state index contributed by atoms with van der Waals surface area (Å²) >= 11 is 12.4. The number of ether oxygens (including phenoxy) is 1. The first-order chi connectivity index (χ1) is 16.2. The molecule has 5 nitrogen and oxygen atoms in total. The largest absolute Gasteiger partial charge is 0.507 e. The summed E-state index contributed by atoms with van der Waals surface area (Å²) in [5.41, 5.74) is 3.21. The van der Waals surface area contributed by atoms with Crippen LogP contribution < -0.4 is 9.64 Å². The predicted octanol–water partition coefficient (Wildman–Crippen LogP) is 6.64.